The highest BCUT2D eigenvalue weighted by molar-refractivity contribution is 6.05. The molecule has 0 aromatic heterocycles. The largest absolute Gasteiger partial charge is 0.326 e. The molecule has 0 atom stereocenters. The van der Waals surface area contributed by atoms with Gasteiger partial charge in [0.25, 0.3) is 5.91 Å². The Labute approximate surface area is 165 Å². The lowest BCUT2D eigenvalue weighted by atomic mass is 10.1. The van der Waals surface area contributed by atoms with Crippen LogP contribution in [0.2, 0.25) is 0 Å². The summed E-state index contributed by atoms with van der Waals surface area (Å²) in [7, 11) is 0. The third-order valence-corrected chi connectivity index (χ3v) is 4.54. The van der Waals surface area contributed by atoms with E-state index in [1.807, 2.05) is 62.4 Å². The van der Waals surface area contributed by atoms with Gasteiger partial charge in [0, 0.05) is 23.4 Å². The Hall–Kier alpha value is -3.40. The lowest BCUT2D eigenvalue weighted by Crippen LogP contribution is -2.14. The minimum absolute atomic E-state index is 0.0451. The normalized spacial score (nSPS) is 10.4. The second-order valence-corrected chi connectivity index (χ2v) is 6.88. The van der Waals surface area contributed by atoms with Crippen LogP contribution in [0, 0.1) is 13.8 Å². The molecule has 2 N–H and O–H groups in total. The smallest absolute Gasteiger partial charge is 0.255 e. The molecule has 28 heavy (non-hydrogen) atoms. The molecule has 0 spiro atoms. The van der Waals surface area contributed by atoms with Gasteiger partial charge in [-0.05, 0) is 61.7 Å². The molecule has 142 valence electrons. The molecule has 0 bridgehead atoms. The number of nitrogens with one attached hydrogen (secondary N) is 2. The van der Waals surface area contributed by atoms with Crippen molar-refractivity contribution in [1.82, 2.24) is 0 Å². The van der Waals surface area contributed by atoms with E-state index in [2.05, 4.69) is 10.6 Å². The van der Waals surface area contributed by atoms with Crippen LogP contribution < -0.4 is 10.6 Å². The molecule has 4 nitrogen and oxygen atoms in total. The molecule has 3 aromatic rings. The lowest BCUT2D eigenvalue weighted by Gasteiger charge is -2.10. The third-order valence-electron chi connectivity index (χ3n) is 4.54. The summed E-state index contributed by atoms with van der Waals surface area (Å²) in [6.07, 6.45) is 1.11. The van der Waals surface area contributed by atoms with Crippen molar-refractivity contribution in [2.24, 2.45) is 0 Å². The summed E-state index contributed by atoms with van der Waals surface area (Å²) in [5.74, 6) is -0.217. The molecule has 0 fully saturated rings. The van der Waals surface area contributed by atoms with E-state index in [4.69, 9.17) is 0 Å². The predicted molar refractivity (Wildman–Crippen MR) is 114 cm³/mol. The second kappa shape index (κ2) is 9.00. The van der Waals surface area contributed by atoms with Crippen LogP contribution >= 0.6 is 0 Å². The van der Waals surface area contributed by atoms with Crippen LogP contribution in [-0.2, 0) is 11.2 Å². The molecule has 0 aliphatic heterocycles. The molecular formula is C24H24N2O2. The van der Waals surface area contributed by atoms with Crippen LogP contribution in [0.4, 0.5) is 11.4 Å². The number of aryl methyl sites for hydroxylation is 3. The van der Waals surface area contributed by atoms with Crippen LogP contribution in [0.15, 0.2) is 72.8 Å². The van der Waals surface area contributed by atoms with E-state index in [1.165, 1.54) is 0 Å². The highest BCUT2D eigenvalue weighted by Gasteiger charge is 2.09. The van der Waals surface area contributed by atoms with Gasteiger partial charge < -0.3 is 10.6 Å². The van der Waals surface area contributed by atoms with Crippen molar-refractivity contribution in [2.75, 3.05) is 10.6 Å². The van der Waals surface area contributed by atoms with Gasteiger partial charge in [-0.25, -0.2) is 0 Å². The zero-order valence-electron chi connectivity index (χ0n) is 16.2. The standard InChI is InChI=1S/C24H24N2O2/c1-17-8-14-22(18(2)16-17)26-24(28)20-10-12-21(13-11-20)25-23(27)15-9-19-6-4-3-5-7-19/h3-8,10-14,16H,9,15H2,1-2H3,(H,25,27)(H,26,28). The van der Waals surface area contributed by atoms with Crippen molar-refractivity contribution in [3.8, 4) is 0 Å². The van der Waals surface area contributed by atoms with E-state index in [0.717, 1.165) is 22.4 Å². The molecule has 0 aliphatic carbocycles. The Kier molecular flexibility index (Phi) is 6.22. The Bertz CT molecular complexity index is 964. The maximum atomic E-state index is 12.4. The number of carbonyl (C=O) groups excluding carboxylic acids is 2. The number of carbonyl (C=O) groups is 2. The van der Waals surface area contributed by atoms with E-state index < -0.39 is 0 Å². The summed E-state index contributed by atoms with van der Waals surface area (Å²) in [6.45, 7) is 3.99. The number of hydrogen-bond acceptors (Lipinski definition) is 2. The summed E-state index contributed by atoms with van der Waals surface area (Å²) >= 11 is 0. The molecule has 3 aromatic carbocycles. The number of amides is 2. The Morgan fingerprint density at radius 3 is 2.21 bits per heavy atom. The predicted octanol–water partition coefficient (Wildman–Crippen LogP) is 5.13. The highest BCUT2D eigenvalue weighted by Crippen LogP contribution is 2.18. The van der Waals surface area contributed by atoms with E-state index in [9.17, 15) is 9.59 Å². The van der Waals surface area contributed by atoms with Gasteiger partial charge >= 0.3 is 0 Å². The van der Waals surface area contributed by atoms with Crippen LogP contribution in [0.25, 0.3) is 0 Å². The molecule has 0 heterocycles. The van der Waals surface area contributed by atoms with E-state index in [0.29, 0.717) is 24.1 Å². The van der Waals surface area contributed by atoms with Crippen LogP contribution in [0.1, 0.15) is 33.5 Å². The van der Waals surface area contributed by atoms with Crippen LogP contribution in [-0.4, -0.2) is 11.8 Å². The maximum absolute atomic E-state index is 12.4. The fraction of sp³-hybridized carbons (Fsp3) is 0.167. The zero-order valence-corrected chi connectivity index (χ0v) is 16.2. The molecule has 2 amide bonds. The Morgan fingerprint density at radius 2 is 1.54 bits per heavy atom. The minimum Gasteiger partial charge on any atom is -0.326 e. The zero-order chi connectivity index (χ0) is 19.9. The van der Waals surface area contributed by atoms with Crippen molar-refractivity contribution >= 4 is 23.2 Å². The van der Waals surface area contributed by atoms with Gasteiger partial charge in [-0.3, -0.25) is 9.59 Å². The summed E-state index contributed by atoms with van der Waals surface area (Å²) in [5.41, 5.74) is 5.34. The van der Waals surface area contributed by atoms with Gasteiger partial charge in [0.15, 0.2) is 0 Å². The van der Waals surface area contributed by atoms with Gasteiger partial charge in [-0.15, -0.1) is 0 Å². The van der Waals surface area contributed by atoms with Crippen molar-refractivity contribution in [2.45, 2.75) is 26.7 Å². The highest BCUT2D eigenvalue weighted by atomic mass is 16.2. The van der Waals surface area contributed by atoms with E-state index >= 15 is 0 Å². The monoisotopic (exact) mass is 372 g/mol. The molecule has 0 saturated heterocycles. The molecule has 4 heteroatoms. The van der Waals surface area contributed by atoms with E-state index in [1.54, 1.807) is 24.3 Å². The quantitative estimate of drug-likeness (QED) is 0.630. The maximum Gasteiger partial charge on any atom is 0.255 e. The third kappa shape index (κ3) is 5.30. The molecule has 3 rings (SSSR count). The Balaban J connectivity index is 1.55. The average Bonchev–Trinajstić information content (AvgIpc) is 2.70. The number of anilines is 2. The molecule has 0 unspecified atom stereocenters. The van der Waals surface area contributed by atoms with Crippen LogP contribution in [0.5, 0.6) is 0 Å². The number of benzene rings is 3. The summed E-state index contributed by atoms with van der Waals surface area (Å²) in [4.78, 5) is 24.6. The fourth-order valence-corrected chi connectivity index (χ4v) is 2.98. The van der Waals surface area contributed by atoms with Crippen molar-refractivity contribution in [1.29, 1.82) is 0 Å². The van der Waals surface area contributed by atoms with E-state index in [-0.39, 0.29) is 11.8 Å². The fourth-order valence-electron chi connectivity index (χ4n) is 2.98. The van der Waals surface area contributed by atoms with Crippen LogP contribution in [0.3, 0.4) is 0 Å². The first-order valence-electron chi connectivity index (χ1n) is 9.34. The molecule has 0 aliphatic rings. The molecule has 0 saturated carbocycles. The first-order chi connectivity index (χ1) is 13.5. The van der Waals surface area contributed by atoms with Gasteiger partial charge in [0.1, 0.15) is 0 Å². The molecule has 0 radical (unpaired) electrons. The van der Waals surface area contributed by atoms with Crippen molar-refractivity contribution in [3.05, 3.63) is 95.1 Å². The SMILES string of the molecule is Cc1ccc(NC(=O)c2ccc(NC(=O)CCc3ccccc3)cc2)c(C)c1. The number of hydrogen-bond donors (Lipinski definition) is 2. The lowest BCUT2D eigenvalue weighted by molar-refractivity contribution is -0.116. The summed E-state index contributed by atoms with van der Waals surface area (Å²) in [5, 5.41) is 5.80. The minimum atomic E-state index is -0.172. The average molecular weight is 372 g/mol. The summed E-state index contributed by atoms with van der Waals surface area (Å²) < 4.78 is 0. The summed E-state index contributed by atoms with van der Waals surface area (Å²) in [6, 6.07) is 22.7. The Morgan fingerprint density at radius 1 is 0.821 bits per heavy atom. The van der Waals surface area contributed by atoms with Gasteiger partial charge in [-0.1, -0.05) is 48.0 Å². The van der Waals surface area contributed by atoms with Gasteiger partial charge in [0.05, 0.1) is 0 Å². The topological polar surface area (TPSA) is 58.2 Å². The van der Waals surface area contributed by atoms with Gasteiger partial charge in [0.2, 0.25) is 5.91 Å². The van der Waals surface area contributed by atoms with Crippen molar-refractivity contribution in [3.63, 3.8) is 0 Å². The van der Waals surface area contributed by atoms with Gasteiger partial charge in [-0.2, -0.15) is 0 Å². The first kappa shape index (κ1) is 19.4. The second-order valence-electron chi connectivity index (χ2n) is 6.88. The molecular weight excluding hydrogens is 348 g/mol. The number of rotatable bonds is 6. The van der Waals surface area contributed by atoms with Crippen molar-refractivity contribution < 1.29 is 9.59 Å². The first-order valence-corrected chi connectivity index (χ1v) is 9.34.